The Morgan fingerprint density at radius 2 is 1.79 bits per heavy atom. The zero-order valence-electron chi connectivity index (χ0n) is 15.8. The molecule has 0 aromatic carbocycles. The van der Waals surface area contributed by atoms with E-state index in [9.17, 15) is 27.2 Å². The highest BCUT2D eigenvalue weighted by molar-refractivity contribution is 5.82. The van der Waals surface area contributed by atoms with Crippen LogP contribution in [0, 0.1) is 11.8 Å². The molecule has 0 radical (unpaired) electrons. The first-order valence-corrected chi connectivity index (χ1v) is 10.2. The van der Waals surface area contributed by atoms with Crippen molar-refractivity contribution in [2.45, 2.75) is 88.4 Å². The van der Waals surface area contributed by atoms with Crippen molar-refractivity contribution < 1.29 is 31.9 Å². The molecular weight excluding hydrogens is 380 g/mol. The lowest BCUT2D eigenvalue weighted by molar-refractivity contribution is -0.199. The van der Waals surface area contributed by atoms with Gasteiger partial charge in [0.1, 0.15) is 6.17 Å². The highest BCUT2D eigenvalue weighted by Crippen LogP contribution is 2.42. The molecule has 0 bridgehead atoms. The molecular formula is C19H28F4N2O3. The summed E-state index contributed by atoms with van der Waals surface area (Å²) in [6.07, 6.45) is -3.72. The minimum Gasteiger partial charge on any atom is -0.374 e. The summed E-state index contributed by atoms with van der Waals surface area (Å²) in [7, 11) is 0. The number of amides is 2. The SMILES string of the molecule is O=C1CC(NC(=O)C2CC(C(F)(F)F)CCC2OC2CCC(F)CC2)CCN1. The van der Waals surface area contributed by atoms with E-state index < -0.39 is 36.2 Å². The van der Waals surface area contributed by atoms with Crippen LogP contribution in [-0.4, -0.2) is 49.0 Å². The first kappa shape index (κ1) is 21.3. The molecule has 28 heavy (non-hydrogen) atoms. The molecule has 1 aliphatic heterocycles. The van der Waals surface area contributed by atoms with E-state index in [0.29, 0.717) is 38.6 Å². The fraction of sp³-hybridized carbons (Fsp3) is 0.895. The van der Waals surface area contributed by atoms with E-state index >= 15 is 0 Å². The van der Waals surface area contributed by atoms with Crippen LogP contribution in [-0.2, 0) is 14.3 Å². The molecule has 2 N–H and O–H groups in total. The number of rotatable bonds is 4. The Kier molecular flexibility index (Phi) is 6.83. The number of carbonyl (C=O) groups is 2. The Morgan fingerprint density at radius 1 is 1.07 bits per heavy atom. The number of nitrogens with one attached hydrogen (secondary N) is 2. The largest absolute Gasteiger partial charge is 0.391 e. The normalized spacial score (nSPS) is 37.2. The summed E-state index contributed by atoms with van der Waals surface area (Å²) in [5.41, 5.74) is 0. The Bertz CT molecular complexity index is 564. The van der Waals surface area contributed by atoms with E-state index in [2.05, 4.69) is 10.6 Å². The van der Waals surface area contributed by atoms with E-state index in [4.69, 9.17) is 4.74 Å². The van der Waals surface area contributed by atoms with Gasteiger partial charge in [-0.3, -0.25) is 9.59 Å². The molecule has 4 atom stereocenters. The molecule has 3 fully saturated rings. The molecule has 4 unspecified atom stereocenters. The number of ether oxygens (including phenoxy) is 1. The fourth-order valence-corrected chi connectivity index (χ4v) is 4.50. The highest BCUT2D eigenvalue weighted by atomic mass is 19.4. The van der Waals surface area contributed by atoms with E-state index in [-0.39, 0.29) is 43.7 Å². The molecule has 2 amide bonds. The molecule has 0 aromatic rings. The number of piperidine rings is 1. The van der Waals surface area contributed by atoms with Crippen molar-refractivity contribution in [3.05, 3.63) is 0 Å². The van der Waals surface area contributed by atoms with Crippen molar-refractivity contribution >= 4 is 11.8 Å². The van der Waals surface area contributed by atoms with Gasteiger partial charge >= 0.3 is 6.18 Å². The third-order valence-corrected chi connectivity index (χ3v) is 6.15. The molecule has 0 aromatic heterocycles. The number of carbonyl (C=O) groups excluding carboxylic acids is 2. The van der Waals surface area contributed by atoms with Gasteiger partial charge in [-0.25, -0.2) is 4.39 Å². The molecule has 1 saturated heterocycles. The van der Waals surface area contributed by atoms with Crippen molar-refractivity contribution in [3.63, 3.8) is 0 Å². The molecule has 2 aliphatic carbocycles. The van der Waals surface area contributed by atoms with Crippen molar-refractivity contribution in [1.82, 2.24) is 10.6 Å². The molecule has 0 spiro atoms. The maximum atomic E-state index is 13.3. The monoisotopic (exact) mass is 408 g/mol. The second kappa shape index (κ2) is 8.97. The fourth-order valence-electron chi connectivity index (χ4n) is 4.50. The van der Waals surface area contributed by atoms with E-state index in [1.165, 1.54) is 0 Å². The lowest BCUT2D eigenvalue weighted by Crippen LogP contribution is -2.51. The molecule has 5 nitrogen and oxygen atoms in total. The topological polar surface area (TPSA) is 67.4 Å². The zero-order chi connectivity index (χ0) is 20.3. The number of hydrogen-bond donors (Lipinski definition) is 2. The van der Waals surface area contributed by atoms with E-state index in [1.807, 2.05) is 0 Å². The van der Waals surface area contributed by atoms with Crippen LogP contribution in [0.3, 0.4) is 0 Å². The molecule has 160 valence electrons. The van der Waals surface area contributed by atoms with Crippen molar-refractivity contribution in [2.75, 3.05) is 6.54 Å². The number of halogens is 4. The minimum atomic E-state index is -4.35. The number of alkyl halides is 4. The zero-order valence-corrected chi connectivity index (χ0v) is 15.8. The van der Waals surface area contributed by atoms with Crippen LogP contribution in [0.4, 0.5) is 17.6 Å². The first-order valence-electron chi connectivity index (χ1n) is 10.2. The third-order valence-electron chi connectivity index (χ3n) is 6.15. The van der Waals surface area contributed by atoms with Gasteiger partial charge in [-0.05, 0) is 51.4 Å². The van der Waals surface area contributed by atoms with Crippen LogP contribution >= 0.6 is 0 Å². The predicted molar refractivity (Wildman–Crippen MR) is 93.1 cm³/mol. The quantitative estimate of drug-likeness (QED) is 0.703. The summed E-state index contributed by atoms with van der Waals surface area (Å²) in [5.74, 6) is -3.09. The standard InChI is InChI=1S/C19H28F4N2O3/c20-12-2-4-14(5-3-12)28-16-6-1-11(19(21,22)23)9-15(16)18(27)25-13-7-8-24-17(26)10-13/h11-16H,1-10H2,(H,24,26)(H,25,27). The summed E-state index contributed by atoms with van der Waals surface area (Å²) in [6.45, 7) is 0.437. The lowest BCUT2D eigenvalue weighted by atomic mass is 9.78. The molecule has 2 saturated carbocycles. The van der Waals surface area contributed by atoms with Crippen molar-refractivity contribution in [2.24, 2.45) is 11.8 Å². The Balaban J connectivity index is 1.65. The van der Waals surface area contributed by atoms with Gasteiger partial charge in [-0.15, -0.1) is 0 Å². The Morgan fingerprint density at radius 3 is 2.43 bits per heavy atom. The average molecular weight is 408 g/mol. The van der Waals surface area contributed by atoms with Crippen LogP contribution in [0.1, 0.15) is 57.8 Å². The summed E-state index contributed by atoms with van der Waals surface area (Å²) >= 11 is 0. The second-order valence-electron chi connectivity index (χ2n) is 8.25. The van der Waals surface area contributed by atoms with Crippen LogP contribution < -0.4 is 10.6 Å². The molecule has 3 aliphatic rings. The molecule has 9 heteroatoms. The van der Waals surface area contributed by atoms with Gasteiger partial charge in [-0.1, -0.05) is 0 Å². The smallest absolute Gasteiger partial charge is 0.374 e. The highest BCUT2D eigenvalue weighted by Gasteiger charge is 2.48. The summed E-state index contributed by atoms with van der Waals surface area (Å²) in [6, 6.07) is -0.366. The maximum Gasteiger partial charge on any atom is 0.391 e. The van der Waals surface area contributed by atoms with E-state index in [0.717, 1.165) is 0 Å². The Hall–Kier alpha value is -1.38. The van der Waals surface area contributed by atoms with Crippen LogP contribution in [0.2, 0.25) is 0 Å². The summed E-state index contributed by atoms with van der Waals surface area (Å²) in [4.78, 5) is 24.3. The van der Waals surface area contributed by atoms with Gasteiger partial charge in [-0.2, -0.15) is 13.2 Å². The Labute approximate surface area is 161 Å². The summed E-state index contributed by atoms with van der Waals surface area (Å²) < 4.78 is 59.1. The van der Waals surface area contributed by atoms with Crippen molar-refractivity contribution in [1.29, 1.82) is 0 Å². The minimum absolute atomic E-state index is 0.0672. The van der Waals surface area contributed by atoms with Gasteiger partial charge in [0.05, 0.1) is 24.0 Å². The van der Waals surface area contributed by atoms with Gasteiger partial charge in [0.2, 0.25) is 11.8 Å². The van der Waals surface area contributed by atoms with E-state index in [1.54, 1.807) is 0 Å². The van der Waals surface area contributed by atoms with Crippen LogP contribution in [0.5, 0.6) is 0 Å². The second-order valence-corrected chi connectivity index (χ2v) is 8.25. The predicted octanol–water partition coefficient (Wildman–Crippen LogP) is 3.03. The van der Waals surface area contributed by atoms with Gasteiger partial charge in [0.15, 0.2) is 0 Å². The molecule has 1 heterocycles. The third kappa shape index (κ3) is 5.58. The first-order chi connectivity index (χ1) is 13.2. The van der Waals surface area contributed by atoms with Crippen LogP contribution in [0.15, 0.2) is 0 Å². The molecule has 3 rings (SSSR count). The van der Waals surface area contributed by atoms with Gasteiger partial charge in [0, 0.05) is 19.0 Å². The van der Waals surface area contributed by atoms with Gasteiger partial charge in [0.25, 0.3) is 0 Å². The van der Waals surface area contributed by atoms with Gasteiger partial charge < -0.3 is 15.4 Å². The lowest BCUT2D eigenvalue weighted by Gasteiger charge is -2.39. The van der Waals surface area contributed by atoms with Crippen molar-refractivity contribution in [3.8, 4) is 0 Å². The average Bonchev–Trinajstić information content (AvgIpc) is 2.63. The van der Waals surface area contributed by atoms with Crippen LogP contribution in [0.25, 0.3) is 0 Å². The summed E-state index contributed by atoms with van der Waals surface area (Å²) in [5, 5.41) is 5.42. The number of hydrogen-bond acceptors (Lipinski definition) is 3. The maximum absolute atomic E-state index is 13.3.